The Morgan fingerprint density at radius 3 is 2.27 bits per heavy atom. The van der Waals surface area contributed by atoms with Crippen molar-refractivity contribution >= 4 is 11.9 Å². The average Bonchev–Trinajstić information content (AvgIpc) is 3.17. The van der Waals surface area contributed by atoms with Gasteiger partial charge in [-0.15, -0.1) is 0 Å². The van der Waals surface area contributed by atoms with Gasteiger partial charge in [0.15, 0.2) is 0 Å². The van der Waals surface area contributed by atoms with Crippen LogP contribution in [-0.4, -0.2) is 62.8 Å². The van der Waals surface area contributed by atoms with Crippen LogP contribution < -0.4 is 0 Å². The molecule has 2 aliphatic rings. The van der Waals surface area contributed by atoms with Crippen LogP contribution >= 0.6 is 0 Å². The molecule has 1 saturated heterocycles. The van der Waals surface area contributed by atoms with E-state index in [4.69, 9.17) is 0 Å². The van der Waals surface area contributed by atoms with E-state index in [1.807, 2.05) is 47.4 Å². The number of aliphatic carboxylic acids is 1. The topological polar surface area (TPSA) is 81.1 Å². The second kappa shape index (κ2) is 8.58. The van der Waals surface area contributed by atoms with Crippen molar-refractivity contribution in [1.82, 2.24) is 9.80 Å². The maximum Gasteiger partial charge on any atom is 0.326 e. The van der Waals surface area contributed by atoms with Gasteiger partial charge < -0.3 is 15.1 Å². The maximum atomic E-state index is 13.1. The van der Waals surface area contributed by atoms with E-state index < -0.39 is 24.3 Å². The zero-order valence-electron chi connectivity index (χ0n) is 17.1. The molecule has 0 unspecified atom stereocenters. The van der Waals surface area contributed by atoms with E-state index in [0.717, 1.165) is 18.4 Å². The number of amides is 1. The quantitative estimate of drug-likeness (QED) is 0.765. The third-order valence-electron chi connectivity index (χ3n) is 6.48. The SMILES string of the molecule is C[C@H]1[C@@H](O)N(C2Cc3ccccc3C2)CC(=O)N1[C@@H](CCc1ccccc1)C(=O)O. The van der Waals surface area contributed by atoms with Gasteiger partial charge in [0.25, 0.3) is 0 Å². The number of aliphatic hydroxyl groups is 1. The summed E-state index contributed by atoms with van der Waals surface area (Å²) in [5.41, 5.74) is 3.54. The lowest BCUT2D eigenvalue weighted by Crippen LogP contribution is -2.66. The van der Waals surface area contributed by atoms with E-state index in [0.29, 0.717) is 12.8 Å². The highest BCUT2D eigenvalue weighted by Crippen LogP contribution is 2.30. The van der Waals surface area contributed by atoms with E-state index in [-0.39, 0.29) is 18.5 Å². The van der Waals surface area contributed by atoms with Crippen molar-refractivity contribution < 1.29 is 19.8 Å². The Labute approximate surface area is 176 Å². The Morgan fingerprint density at radius 1 is 1.07 bits per heavy atom. The Hall–Kier alpha value is -2.70. The number of carbonyl (C=O) groups excluding carboxylic acids is 1. The number of aryl methyl sites for hydroxylation is 1. The largest absolute Gasteiger partial charge is 0.480 e. The van der Waals surface area contributed by atoms with Gasteiger partial charge in [0.05, 0.1) is 12.6 Å². The molecular formula is C24H28N2O4. The first-order valence-electron chi connectivity index (χ1n) is 10.5. The summed E-state index contributed by atoms with van der Waals surface area (Å²) in [6, 6.07) is 16.4. The molecule has 0 spiro atoms. The van der Waals surface area contributed by atoms with Crippen LogP contribution in [0.4, 0.5) is 0 Å². The predicted octanol–water partition coefficient (Wildman–Crippen LogP) is 2.09. The monoisotopic (exact) mass is 408 g/mol. The van der Waals surface area contributed by atoms with Gasteiger partial charge in [-0.05, 0) is 49.3 Å². The first kappa shape index (κ1) is 20.6. The normalized spacial score (nSPS) is 23.4. The summed E-state index contributed by atoms with van der Waals surface area (Å²) in [6.07, 6.45) is 1.58. The highest BCUT2D eigenvalue weighted by atomic mass is 16.4. The van der Waals surface area contributed by atoms with Gasteiger partial charge in [-0.3, -0.25) is 9.69 Å². The molecule has 0 saturated carbocycles. The van der Waals surface area contributed by atoms with Crippen molar-refractivity contribution in [2.75, 3.05) is 6.54 Å². The summed E-state index contributed by atoms with van der Waals surface area (Å²) in [5, 5.41) is 20.9. The van der Waals surface area contributed by atoms with Crippen molar-refractivity contribution in [2.45, 2.75) is 57.0 Å². The molecule has 4 rings (SSSR count). The van der Waals surface area contributed by atoms with Crippen molar-refractivity contribution in [3.05, 3.63) is 71.3 Å². The van der Waals surface area contributed by atoms with Crippen molar-refractivity contribution in [3.63, 3.8) is 0 Å². The number of piperazine rings is 1. The van der Waals surface area contributed by atoms with Crippen LogP contribution in [0.5, 0.6) is 0 Å². The lowest BCUT2D eigenvalue weighted by molar-refractivity contribution is -0.173. The van der Waals surface area contributed by atoms with Crippen LogP contribution in [0.3, 0.4) is 0 Å². The molecule has 2 aromatic carbocycles. The van der Waals surface area contributed by atoms with Gasteiger partial charge >= 0.3 is 5.97 Å². The Kier molecular flexibility index (Phi) is 5.88. The molecule has 6 heteroatoms. The van der Waals surface area contributed by atoms with Crippen molar-refractivity contribution in [3.8, 4) is 0 Å². The second-order valence-corrected chi connectivity index (χ2v) is 8.34. The molecule has 1 amide bonds. The number of carboxylic acid groups (broad SMARTS) is 1. The van der Waals surface area contributed by atoms with E-state index in [2.05, 4.69) is 12.1 Å². The molecule has 0 aromatic heterocycles. The van der Waals surface area contributed by atoms with Gasteiger partial charge in [0.1, 0.15) is 12.3 Å². The minimum atomic E-state index is -1.03. The molecule has 3 atom stereocenters. The lowest BCUT2D eigenvalue weighted by Gasteiger charge is -2.47. The number of benzene rings is 2. The molecule has 1 aliphatic carbocycles. The number of hydrogen-bond acceptors (Lipinski definition) is 4. The Morgan fingerprint density at radius 2 is 1.67 bits per heavy atom. The van der Waals surface area contributed by atoms with Gasteiger partial charge in [0, 0.05) is 6.04 Å². The highest BCUT2D eigenvalue weighted by molar-refractivity contribution is 5.86. The van der Waals surface area contributed by atoms with Crippen LogP contribution in [0.1, 0.15) is 30.0 Å². The molecule has 6 nitrogen and oxygen atoms in total. The second-order valence-electron chi connectivity index (χ2n) is 8.34. The van der Waals surface area contributed by atoms with Crippen LogP contribution in [0.25, 0.3) is 0 Å². The summed E-state index contributed by atoms with van der Waals surface area (Å²) in [6.45, 7) is 1.79. The van der Waals surface area contributed by atoms with E-state index in [1.165, 1.54) is 16.0 Å². The predicted molar refractivity (Wildman–Crippen MR) is 113 cm³/mol. The zero-order valence-corrected chi connectivity index (χ0v) is 17.1. The van der Waals surface area contributed by atoms with Crippen molar-refractivity contribution in [1.29, 1.82) is 0 Å². The fourth-order valence-corrected chi connectivity index (χ4v) is 4.88. The summed E-state index contributed by atoms with van der Waals surface area (Å²) < 4.78 is 0. The van der Waals surface area contributed by atoms with E-state index in [1.54, 1.807) is 6.92 Å². The summed E-state index contributed by atoms with van der Waals surface area (Å²) in [4.78, 5) is 28.3. The number of carboxylic acids is 1. The van der Waals surface area contributed by atoms with Gasteiger partial charge in [0.2, 0.25) is 5.91 Å². The molecule has 30 heavy (non-hydrogen) atoms. The van der Waals surface area contributed by atoms with Crippen LogP contribution in [0.2, 0.25) is 0 Å². The molecule has 1 fully saturated rings. The molecular weight excluding hydrogens is 380 g/mol. The van der Waals surface area contributed by atoms with Gasteiger partial charge in [-0.2, -0.15) is 0 Å². The smallest absolute Gasteiger partial charge is 0.326 e. The number of rotatable bonds is 6. The lowest BCUT2D eigenvalue weighted by atomic mass is 9.99. The van der Waals surface area contributed by atoms with Crippen molar-refractivity contribution in [2.24, 2.45) is 0 Å². The first-order valence-corrected chi connectivity index (χ1v) is 10.5. The minimum absolute atomic E-state index is 0.0410. The molecule has 0 bridgehead atoms. The number of nitrogens with zero attached hydrogens (tertiary/aromatic N) is 2. The summed E-state index contributed by atoms with van der Waals surface area (Å²) in [7, 11) is 0. The van der Waals surface area contributed by atoms with Crippen LogP contribution in [0.15, 0.2) is 54.6 Å². The molecule has 2 aromatic rings. The molecule has 1 heterocycles. The fourth-order valence-electron chi connectivity index (χ4n) is 4.88. The summed E-state index contributed by atoms with van der Waals surface area (Å²) >= 11 is 0. The number of carbonyl (C=O) groups is 2. The van der Waals surface area contributed by atoms with Gasteiger partial charge in [-0.1, -0.05) is 54.6 Å². The van der Waals surface area contributed by atoms with E-state index >= 15 is 0 Å². The molecule has 0 radical (unpaired) electrons. The maximum absolute atomic E-state index is 13.1. The fraction of sp³-hybridized carbons (Fsp3) is 0.417. The standard InChI is InChI=1S/C24H28N2O4/c1-16-23(28)25(20-13-18-9-5-6-10-19(18)14-20)15-22(27)26(16)21(24(29)30)12-11-17-7-3-2-4-8-17/h2-10,16,20-21,23,28H,11-15H2,1H3,(H,29,30)/t16-,21-,23+/m0/s1. The van der Waals surface area contributed by atoms with Crippen LogP contribution in [0, 0.1) is 0 Å². The van der Waals surface area contributed by atoms with Crippen LogP contribution in [-0.2, 0) is 28.9 Å². The molecule has 158 valence electrons. The Bertz CT molecular complexity index is 891. The first-order chi connectivity index (χ1) is 14.5. The molecule has 2 N–H and O–H groups in total. The highest BCUT2D eigenvalue weighted by Gasteiger charge is 2.45. The third-order valence-corrected chi connectivity index (χ3v) is 6.48. The van der Waals surface area contributed by atoms with E-state index in [9.17, 15) is 19.8 Å². The number of fused-ring (bicyclic) bond motifs is 1. The Balaban J connectivity index is 1.47. The number of aliphatic hydroxyl groups excluding tert-OH is 1. The minimum Gasteiger partial charge on any atom is -0.480 e. The third kappa shape index (κ3) is 3.98. The summed E-state index contributed by atoms with van der Waals surface area (Å²) in [5.74, 6) is -1.26. The van der Waals surface area contributed by atoms with Gasteiger partial charge in [-0.25, -0.2) is 4.79 Å². The number of hydrogen-bond donors (Lipinski definition) is 2. The molecule has 1 aliphatic heterocycles. The average molecular weight is 408 g/mol. The zero-order chi connectivity index (χ0) is 21.3.